The van der Waals surface area contributed by atoms with E-state index in [4.69, 9.17) is 14.2 Å². The number of aryl methyl sites for hydroxylation is 1. The molecule has 1 heterocycles. The van der Waals surface area contributed by atoms with Crippen LogP contribution in [-0.4, -0.2) is 31.8 Å². The van der Waals surface area contributed by atoms with Crippen molar-refractivity contribution >= 4 is 16.9 Å². The molecule has 0 amide bonds. The Balaban J connectivity index is 2.41. The summed E-state index contributed by atoms with van der Waals surface area (Å²) in [7, 11) is 3.08. The van der Waals surface area contributed by atoms with Gasteiger partial charge in [0, 0.05) is 16.5 Å². The second-order valence-corrected chi connectivity index (χ2v) is 6.04. The first kappa shape index (κ1) is 18.5. The Kier molecular flexibility index (Phi) is 5.16. The molecule has 0 aliphatic rings. The van der Waals surface area contributed by atoms with Crippen LogP contribution in [0.2, 0.25) is 0 Å². The molecule has 0 bridgehead atoms. The van der Waals surface area contributed by atoms with Crippen molar-refractivity contribution in [2.45, 2.75) is 13.8 Å². The molecule has 1 aromatic heterocycles. The summed E-state index contributed by atoms with van der Waals surface area (Å²) in [6, 6.07) is 10.9. The summed E-state index contributed by atoms with van der Waals surface area (Å²) in [6.45, 7) is 3.83. The Morgan fingerprint density at radius 2 is 1.78 bits per heavy atom. The van der Waals surface area contributed by atoms with E-state index < -0.39 is 11.5 Å². The van der Waals surface area contributed by atoms with Crippen molar-refractivity contribution in [3.05, 3.63) is 57.9 Å². The molecule has 140 valence electrons. The molecule has 0 spiro atoms. The van der Waals surface area contributed by atoms with Crippen molar-refractivity contribution in [2.75, 3.05) is 20.8 Å². The Morgan fingerprint density at radius 3 is 2.44 bits per heavy atom. The molecule has 0 radical (unpaired) electrons. The Morgan fingerprint density at radius 1 is 1.04 bits per heavy atom. The summed E-state index contributed by atoms with van der Waals surface area (Å²) in [6.07, 6.45) is 0. The van der Waals surface area contributed by atoms with Crippen LogP contribution in [0.25, 0.3) is 22.0 Å². The predicted octanol–water partition coefficient (Wildman–Crippen LogP) is 3.70. The van der Waals surface area contributed by atoms with Gasteiger partial charge in [-0.05, 0) is 43.7 Å². The lowest BCUT2D eigenvalue weighted by atomic mass is 9.95. The highest BCUT2D eigenvalue weighted by molar-refractivity contribution is 6.07. The highest BCUT2D eigenvalue weighted by Crippen LogP contribution is 2.36. The third-order valence-corrected chi connectivity index (χ3v) is 4.32. The maximum atomic E-state index is 12.7. The summed E-state index contributed by atoms with van der Waals surface area (Å²) in [5.41, 5.74) is 2.31. The maximum absolute atomic E-state index is 12.7. The number of aromatic nitrogens is 1. The summed E-state index contributed by atoms with van der Waals surface area (Å²) < 4.78 is 15.8. The van der Waals surface area contributed by atoms with Crippen LogP contribution in [-0.2, 0) is 4.74 Å². The van der Waals surface area contributed by atoms with Gasteiger partial charge >= 0.3 is 5.97 Å². The van der Waals surface area contributed by atoms with E-state index in [0.29, 0.717) is 28.1 Å². The van der Waals surface area contributed by atoms with Crippen LogP contribution >= 0.6 is 0 Å². The average molecular weight is 367 g/mol. The minimum atomic E-state index is -0.660. The first-order valence-corrected chi connectivity index (χ1v) is 8.56. The first-order valence-electron chi connectivity index (χ1n) is 8.56. The molecule has 0 saturated heterocycles. The monoisotopic (exact) mass is 367 g/mol. The van der Waals surface area contributed by atoms with E-state index in [1.165, 1.54) is 7.11 Å². The van der Waals surface area contributed by atoms with Gasteiger partial charge in [-0.2, -0.15) is 0 Å². The number of esters is 1. The van der Waals surface area contributed by atoms with Crippen molar-refractivity contribution in [3.8, 4) is 22.6 Å². The maximum Gasteiger partial charge on any atom is 0.344 e. The molecule has 6 heteroatoms. The Bertz CT molecular complexity index is 1070. The number of carbonyl (C=O) groups is 1. The van der Waals surface area contributed by atoms with Gasteiger partial charge in [0.25, 0.3) is 5.56 Å². The second kappa shape index (κ2) is 7.53. The number of hydrogen-bond donors (Lipinski definition) is 1. The summed E-state index contributed by atoms with van der Waals surface area (Å²) in [4.78, 5) is 28.0. The zero-order valence-corrected chi connectivity index (χ0v) is 15.7. The van der Waals surface area contributed by atoms with E-state index in [9.17, 15) is 9.59 Å². The normalized spacial score (nSPS) is 10.7. The van der Waals surface area contributed by atoms with Gasteiger partial charge in [-0.1, -0.05) is 17.7 Å². The molecule has 0 unspecified atom stereocenters. The molecule has 0 atom stereocenters. The lowest BCUT2D eigenvalue weighted by Crippen LogP contribution is -2.21. The van der Waals surface area contributed by atoms with Crippen molar-refractivity contribution < 1.29 is 19.0 Å². The number of ether oxygens (including phenoxy) is 3. The van der Waals surface area contributed by atoms with Crippen LogP contribution in [0.5, 0.6) is 11.5 Å². The van der Waals surface area contributed by atoms with Gasteiger partial charge in [0.15, 0.2) is 11.5 Å². The highest BCUT2D eigenvalue weighted by Gasteiger charge is 2.22. The molecule has 0 saturated carbocycles. The number of carbonyl (C=O) groups excluding carboxylic acids is 1. The fraction of sp³-hybridized carbons (Fsp3) is 0.238. The van der Waals surface area contributed by atoms with Crippen molar-refractivity contribution in [2.24, 2.45) is 0 Å². The van der Waals surface area contributed by atoms with Crippen molar-refractivity contribution in [3.63, 3.8) is 0 Å². The molecular formula is C21H21NO5. The molecular weight excluding hydrogens is 346 g/mol. The molecule has 27 heavy (non-hydrogen) atoms. The third-order valence-electron chi connectivity index (χ3n) is 4.32. The smallest absolute Gasteiger partial charge is 0.344 e. The van der Waals surface area contributed by atoms with E-state index in [0.717, 1.165) is 10.9 Å². The predicted molar refractivity (Wildman–Crippen MR) is 104 cm³/mol. The van der Waals surface area contributed by atoms with Crippen LogP contribution in [0.4, 0.5) is 0 Å². The number of hydrogen-bond acceptors (Lipinski definition) is 5. The van der Waals surface area contributed by atoms with Crippen LogP contribution in [0.15, 0.2) is 41.2 Å². The summed E-state index contributed by atoms with van der Waals surface area (Å²) in [5.74, 6) is 0.405. The van der Waals surface area contributed by atoms with Gasteiger partial charge in [-0.25, -0.2) is 4.79 Å². The van der Waals surface area contributed by atoms with Crippen molar-refractivity contribution in [1.29, 1.82) is 0 Å². The van der Waals surface area contributed by atoms with Crippen LogP contribution in [0.1, 0.15) is 22.8 Å². The number of methoxy groups -OCH3 is 2. The number of H-pyrrole nitrogens is 1. The van der Waals surface area contributed by atoms with Gasteiger partial charge in [0.05, 0.1) is 20.8 Å². The van der Waals surface area contributed by atoms with Crippen LogP contribution < -0.4 is 15.0 Å². The van der Waals surface area contributed by atoms with Gasteiger partial charge < -0.3 is 19.2 Å². The lowest BCUT2D eigenvalue weighted by molar-refractivity contribution is 0.0525. The second-order valence-electron chi connectivity index (χ2n) is 6.04. The van der Waals surface area contributed by atoms with E-state index in [1.54, 1.807) is 32.2 Å². The van der Waals surface area contributed by atoms with E-state index in [-0.39, 0.29) is 12.2 Å². The number of fused-ring (bicyclic) bond motifs is 1. The quantitative estimate of drug-likeness (QED) is 0.696. The molecule has 1 N–H and O–H groups in total. The average Bonchev–Trinajstić information content (AvgIpc) is 2.66. The van der Waals surface area contributed by atoms with Gasteiger partial charge in [0.2, 0.25) is 0 Å². The zero-order valence-electron chi connectivity index (χ0n) is 15.7. The van der Waals surface area contributed by atoms with E-state index in [1.807, 2.05) is 25.1 Å². The standard InChI is InChI=1S/C21H21NO5/c1-5-27-21(24)19-18(13-7-9-16(25-3)17(11-13)26-4)14-10-12(2)6-8-15(14)22-20(19)23/h6-11H,5H2,1-4H3,(H,22,23). The SMILES string of the molecule is CCOC(=O)c1c(-c2ccc(OC)c(OC)c2)c2cc(C)ccc2[nH]c1=O. The van der Waals surface area contributed by atoms with Gasteiger partial charge in [-0.15, -0.1) is 0 Å². The Labute approximate surface area is 156 Å². The topological polar surface area (TPSA) is 77.6 Å². The first-order chi connectivity index (χ1) is 13.0. The third kappa shape index (κ3) is 3.38. The fourth-order valence-corrected chi connectivity index (χ4v) is 3.10. The molecule has 6 nitrogen and oxygen atoms in total. The van der Waals surface area contributed by atoms with Crippen LogP contribution in [0.3, 0.4) is 0 Å². The minimum Gasteiger partial charge on any atom is -0.493 e. The van der Waals surface area contributed by atoms with E-state index >= 15 is 0 Å². The fourth-order valence-electron chi connectivity index (χ4n) is 3.10. The Hall–Kier alpha value is -3.28. The molecule has 3 rings (SSSR count). The van der Waals surface area contributed by atoms with Gasteiger partial charge in [-0.3, -0.25) is 4.79 Å². The van der Waals surface area contributed by atoms with Crippen molar-refractivity contribution in [1.82, 2.24) is 4.98 Å². The zero-order chi connectivity index (χ0) is 19.6. The summed E-state index contributed by atoms with van der Waals surface area (Å²) >= 11 is 0. The molecule has 0 fully saturated rings. The highest BCUT2D eigenvalue weighted by atomic mass is 16.5. The minimum absolute atomic E-state index is 0.0258. The molecule has 3 aromatic rings. The number of rotatable bonds is 5. The molecule has 0 aliphatic heterocycles. The number of pyridine rings is 1. The summed E-state index contributed by atoms with van der Waals surface area (Å²) in [5, 5.41) is 0.755. The number of nitrogens with one attached hydrogen (secondary N) is 1. The largest absolute Gasteiger partial charge is 0.493 e. The number of aromatic amines is 1. The van der Waals surface area contributed by atoms with Crippen LogP contribution in [0, 0.1) is 6.92 Å². The van der Waals surface area contributed by atoms with E-state index in [2.05, 4.69) is 4.98 Å². The lowest BCUT2D eigenvalue weighted by Gasteiger charge is -2.15. The number of benzene rings is 2. The molecule has 2 aromatic carbocycles. The molecule has 0 aliphatic carbocycles. The van der Waals surface area contributed by atoms with Gasteiger partial charge in [0.1, 0.15) is 5.56 Å².